The topological polar surface area (TPSA) is 92.7 Å². The van der Waals surface area contributed by atoms with Crippen LogP contribution in [0.5, 0.6) is 5.75 Å². The van der Waals surface area contributed by atoms with Crippen LogP contribution in [0.3, 0.4) is 0 Å². The van der Waals surface area contributed by atoms with Gasteiger partial charge < -0.3 is 19.7 Å². The van der Waals surface area contributed by atoms with Crippen molar-refractivity contribution in [3.05, 3.63) is 72.2 Å². The number of carbonyl (C=O) groups is 1. The van der Waals surface area contributed by atoms with Gasteiger partial charge >= 0.3 is 0 Å². The van der Waals surface area contributed by atoms with Crippen molar-refractivity contribution < 1.29 is 14.3 Å². The molecule has 172 valence electrons. The van der Waals surface area contributed by atoms with Gasteiger partial charge in [0.15, 0.2) is 0 Å². The van der Waals surface area contributed by atoms with E-state index in [4.69, 9.17) is 9.47 Å². The first kappa shape index (κ1) is 22.6. The van der Waals surface area contributed by atoms with Crippen molar-refractivity contribution in [2.45, 2.75) is 12.6 Å². The van der Waals surface area contributed by atoms with Crippen LogP contribution < -0.4 is 10.1 Å². The molecule has 1 aliphatic rings. The van der Waals surface area contributed by atoms with Gasteiger partial charge in [-0.05, 0) is 42.9 Å². The van der Waals surface area contributed by atoms with Crippen molar-refractivity contribution >= 4 is 17.7 Å². The zero-order valence-corrected chi connectivity index (χ0v) is 18.8. The zero-order chi connectivity index (χ0) is 23.0. The fraction of sp³-hybridized carbons (Fsp3) is 0.333. The van der Waals surface area contributed by atoms with Gasteiger partial charge in [-0.1, -0.05) is 18.2 Å². The van der Waals surface area contributed by atoms with Crippen LogP contribution in [0.15, 0.2) is 60.9 Å². The van der Waals surface area contributed by atoms with Gasteiger partial charge in [0.05, 0.1) is 32.5 Å². The molecule has 0 spiro atoms. The van der Waals surface area contributed by atoms with Crippen LogP contribution in [0.25, 0.3) is 0 Å². The average Bonchev–Trinajstić information content (AvgIpc) is 2.85. The molecule has 1 fully saturated rings. The molecule has 3 heterocycles. The Kier molecular flexibility index (Phi) is 7.43. The van der Waals surface area contributed by atoms with Gasteiger partial charge in [-0.3, -0.25) is 9.69 Å². The lowest BCUT2D eigenvalue weighted by atomic mass is 10.1. The summed E-state index contributed by atoms with van der Waals surface area (Å²) in [6, 6.07) is 15.3. The van der Waals surface area contributed by atoms with Gasteiger partial charge in [-0.2, -0.15) is 0 Å². The number of rotatable bonds is 8. The number of ether oxygens (including phenoxy) is 2. The molecule has 0 radical (unpaired) electrons. The first-order valence-electron chi connectivity index (χ1n) is 10.8. The Morgan fingerprint density at radius 1 is 1.21 bits per heavy atom. The molecule has 1 amide bonds. The minimum atomic E-state index is -0.287. The van der Waals surface area contributed by atoms with Gasteiger partial charge in [0.1, 0.15) is 17.7 Å². The van der Waals surface area contributed by atoms with Crippen LogP contribution in [0.2, 0.25) is 0 Å². The lowest BCUT2D eigenvalue weighted by Gasteiger charge is -2.33. The highest BCUT2D eigenvalue weighted by Gasteiger charge is 2.27. The third kappa shape index (κ3) is 6.24. The molecule has 0 saturated carbocycles. The maximum Gasteiger partial charge on any atom is 0.236 e. The SMILES string of the molecule is COc1cccc(CN(C)CC(=O)N2CCOC(c3cccc(Nc4ncccn4)n3)C2)c1. The van der Waals surface area contributed by atoms with E-state index in [1.54, 1.807) is 25.6 Å². The minimum Gasteiger partial charge on any atom is -0.497 e. The predicted octanol–water partition coefficient (Wildman–Crippen LogP) is 2.66. The number of nitrogens with zero attached hydrogens (tertiary/aromatic N) is 5. The highest BCUT2D eigenvalue weighted by molar-refractivity contribution is 5.78. The molecule has 2 aromatic heterocycles. The van der Waals surface area contributed by atoms with Crippen LogP contribution in [0, 0.1) is 0 Å². The van der Waals surface area contributed by atoms with Crippen molar-refractivity contribution in [3.63, 3.8) is 0 Å². The monoisotopic (exact) mass is 448 g/mol. The van der Waals surface area contributed by atoms with E-state index in [1.165, 1.54) is 0 Å². The van der Waals surface area contributed by atoms with Gasteiger partial charge in [-0.25, -0.2) is 15.0 Å². The van der Waals surface area contributed by atoms with Gasteiger partial charge in [-0.15, -0.1) is 0 Å². The van der Waals surface area contributed by atoms with Gasteiger partial charge in [0.2, 0.25) is 11.9 Å². The van der Waals surface area contributed by atoms with Crippen molar-refractivity contribution in [3.8, 4) is 5.75 Å². The zero-order valence-electron chi connectivity index (χ0n) is 18.8. The van der Waals surface area contributed by atoms with Gasteiger partial charge in [0.25, 0.3) is 0 Å². The average molecular weight is 449 g/mol. The summed E-state index contributed by atoms with van der Waals surface area (Å²) >= 11 is 0. The first-order valence-corrected chi connectivity index (χ1v) is 10.8. The number of benzene rings is 1. The molecule has 1 N–H and O–H groups in total. The molecular formula is C24H28N6O3. The molecule has 1 saturated heterocycles. The highest BCUT2D eigenvalue weighted by atomic mass is 16.5. The van der Waals surface area contributed by atoms with E-state index in [9.17, 15) is 4.79 Å². The molecule has 0 bridgehead atoms. The number of aromatic nitrogens is 3. The Morgan fingerprint density at radius 3 is 2.85 bits per heavy atom. The second-order valence-corrected chi connectivity index (χ2v) is 7.87. The van der Waals surface area contributed by atoms with E-state index < -0.39 is 0 Å². The Morgan fingerprint density at radius 2 is 2.03 bits per heavy atom. The van der Waals surface area contributed by atoms with Crippen molar-refractivity contribution in [1.82, 2.24) is 24.8 Å². The maximum absolute atomic E-state index is 13.0. The number of nitrogens with one attached hydrogen (secondary N) is 1. The minimum absolute atomic E-state index is 0.0701. The number of carbonyl (C=O) groups excluding carboxylic acids is 1. The standard InChI is InChI=1S/C24H28N6O3/c1-29(15-18-6-3-7-19(14-18)32-2)17-23(31)30-12-13-33-21(16-30)20-8-4-9-22(27-20)28-24-25-10-5-11-26-24/h3-11,14,21H,12-13,15-17H2,1-2H3,(H,25,26,27,28). The van der Waals surface area contributed by atoms with Crippen molar-refractivity contribution in [2.75, 3.05) is 45.7 Å². The summed E-state index contributed by atoms with van der Waals surface area (Å²) in [5.41, 5.74) is 1.86. The normalized spacial score (nSPS) is 16.0. The molecule has 9 heteroatoms. The number of hydrogen-bond donors (Lipinski definition) is 1. The quantitative estimate of drug-likeness (QED) is 0.562. The van der Waals surface area contributed by atoms with E-state index in [0.29, 0.717) is 44.6 Å². The second-order valence-electron chi connectivity index (χ2n) is 7.87. The lowest BCUT2D eigenvalue weighted by Crippen LogP contribution is -2.46. The summed E-state index contributed by atoms with van der Waals surface area (Å²) in [5.74, 6) is 1.98. The Balaban J connectivity index is 1.35. The fourth-order valence-electron chi connectivity index (χ4n) is 3.70. The first-order chi connectivity index (χ1) is 16.1. The van der Waals surface area contributed by atoms with E-state index in [0.717, 1.165) is 17.0 Å². The molecule has 9 nitrogen and oxygen atoms in total. The number of hydrogen-bond acceptors (Lipinski definition) is 8. The van der Waals surface area contributed by atoms with Crippen LogP contribution in [-0.4, -0.2) is 71.1 Å². The Labute approximate surface area is 193 Å². The molecule has 1 aliphatic heterocycles. The second kappa shape index (κ2) is 10.8. The number of methoxy groups -OCH3 is 1. The van der Waals surface area contributed by atoms with Crippen LogP contribution in [0.1, 0.15) is 17.4 Å². The number of anilines is 2. The van der Waals surface area contributed by atoms with Crippen LogP contribution in [0.4, 0.5) is 11.8 Å². The van der Waals surface area contributed by atoms with Crippen molar-refractivity contribution in [2.24, 2.45) is 0 Å². The summed E-state index contributed by atoms with van der Waals surface area (Å²) in [6.07, 6.45) is 3.04. The molecule has 1 atom stereocenters. The van der Waals surface area contributed by atoms with Crippen molar-refractivity contribution in [1.29, 1.82) is 0 Å². The lowest BCUT2D eigenvalue weighted by molar-refractivity contribution is -0.140. The van der Waals surface area contributed by atoms with E-state index >= 15 is 0 Å². The molecule has 1 unspecified atom stereocenters. The third-order valence-corrected chi connectivity index (χ3v) is 5.32. The van der Waals surface area contributed by atoms with E-state index in [-0.39, 0.29) is 12.0 Å². The molecule has 33 heavy (non-hydrogen) atoms. The molecule has 4 rings (SSSR count). The number of pyridine rings is 1. The summed E-state index contributed by atoms with van der Waals surface area (Å²) < 4.78 is 11.2. The number of morpholine rings is 1. The Bertz CT molecular complexity index is 1060. The summed E-state index contributed by atoms with van der Waals surface area (Å²) in [7, 11) is 3.59. The van der Waals surface area contributed by atoms with Crippen LogP contribution >= 0.6 is 0 Å². The van der Waals surface area contributed by atoms with Gasteiger partial charge in [0, 0.05) is 25.5 Å². The highest BCUT2D eigenvalue weighted by Crippen LogP contribution is 2.23. The predicted molar refractivity (Wildman–Crippen MR) is 124 cm³/mol. The number of likely N-dealkylation sites (N-methyl/N-ethyl adjacent to an activating group) is 1. The van der Waals surface area contributed by atoms with E-state index in [2.05, 4.69) is 20.3 Å². The fourth-order valence-corrected chi connectivity index (χ4v) is 3.70. The molecule has 1 aromatic carbocycles. The summed E-state index contributed by atoms with van der Waals surface area (Å²) in [6.45, 7) is 2.48. The smallest absolute Gasteiger partial charge is 0.236 e. The van der Waals surface area contributed by atoms with E-state index in [1.807, 2.05) is 59.3 Å². The largest absolute Gasteiger partial charge is 0.497 e. The Hall–Kier alpha value is -3.56. The maximum atomic E-state index is 13.0. The number of amides is 1. The molecular weight excluding hydrogens is 420 g/mol. The molecule has 3 aromatic rings. The molecule has 0 aliphatic carbocycles. The summed E-state index contributed by atoms with van der Waals surface area (Å²) in [5, 5.41) is 3.09. The van der Waals surface area contributed by atoms with Crippen LogP contribution in [-0.2, 0) is 16.1 Å². The summed E-state index contributed by atoms with van der Waals surface area (Å²) in [4.78, 5) is 29.8. The third-order valence-electron chi connectivity index (χ3n) is 5.32.